The van der Waals surface area contributed by atoms with Gasteiger partial charge in [-0.3, -0.25) is 14.4 Å². The molecule has 0 bridgehead atoms. The summed E-state index contributed by atoms with van der Waals surface area (Å²) in [7, 11) is 1.52. The van der Waals surface area contributed by atoms with E-state index in [1.54, 1.807) is 24.3 Å². The number of aliphatic carboxylic acids is 1. The summed E-state index contributed by atoms with van der Waals surface area (Å²) in [5.41, 5.74) is 0.765. The van der Waals surface area contributed by atoms with Crippen LogP contribution in [0.4, 0.5) is 4.39 Å². The number of likely N-dealkylation sites (tertiary alicyclic amines) is 1. The van der Waals surface area contributed by atoms with Gasteiger partial charge in [-0.05, 0) is 54.8 Å². The summed E-state index contributed by atoms with van der Waals surface area (Å²) in [5.74, 6) is -2.72. The van der Waals surface area contributed by atoms with Crippen molar-refractivity contribution in [1.82, 2.24) is 4.90 Å². The number of amides is 1. The molecule has 1 unspecified atom stereocenters. The number of hydrogen-bond acceptors (Lipinski definition) is 5. The molecule has 7 nitrogen and oxygen atoms in total. The van der Waals surface area contributed by atoms with Crippen molar-refractivity contribution in [3.63, 3.8) is 0 Å². The van der Waals surface area contributed by atoms with Crippen LogP contribution in [0.5, 0.6) is 5.75 Å². The summed E-state index contributed by atoms with van der Waals surface area (Å²) in [4.78, 5) is 37.8. The highest BCUT2D eigenvalue weighted by Crippen LogP contribution is 2.40. The van der Waals surface area contributed by atoms with E-state index in [1.165, 1.54) is 24.1 Å². The molecule has 2 N–H and O–H groups in total. The number of nitrogens with zero attached hydrogens (tertiary/aromatic N) is 1. The normalized spacial score (nSPS) is 17.6. The maximum Gasteiger partial charge on any atom is 0.303 e. The largest absolute Gasteiger partial charge is 0.507 e. The van der Waals surface area contributed by atoms with Crippen molar-refractivity contribution in [2.24, 2.45) is 0 Å². The lowest BCUT2D eigenvalue weighted by atomic mass is 9.95. The van der Waals surface area contributed by atoms with Crippen molar-refractivity contribution >= 4 is 23.4 Å². The van der Waals surface area contributed by atoms with E-state index in [0.29, 0.717) is 30.6 Å². The molecule has 168 valence electrons. The Morgan fingerprint density at radius 3 is 2.25 bits per heavy atom. The number of Topliss-reactive ketones (excluding diaryl/α,β-unsaturated/α-hetero) is 1. The third-order valence-corrected chi connectivity index (χ3v) is 5.38. The standard InChI is InChI=1S/C24H24FNO6/c1-32-18-12-8-15(9-13-18)21-20(22(29)16-6-10-17(25)11-7-16)23(30)24(31)26(21)14-4-2-3-5-19(27)28/h6-13,21,29H,2-5,14H2,1H3,(H,27,28)/b22-20-. The van der Waals surface area contributed by atoms with Gasteiger partial charge in [0.15, 0.2) is 0 Å². The zero-order valence-corrected chi connectivity index (χ0v) is 17.6. The molecule has 0 radical (unpaired) electrons. The minimum atomic E-state index is -0.886. The quantitative estimate of drug-likeness (QED) is 0.265. The maximum atomic E-state index is 13.3. The number of carbonyl (C=O) groups is 3. The lowest BCUT2D eigenvalue weighted by molar-refractivity contribution is -0.140. The van der Waals surface area contributed by atoms with Gasteiger partial charge in [-0.2, -0.15) is 0 Å². The van der Waals surface area contributed by atoms with E-state index in [1.807, 2.05) is 0 Å². The predicted molar refractivity (Wildman–Crippen MR) is 115 cm³/mol. The van der Waals surface area contributed by atoms with Gasteiger partial charge in [-0.25, -0.2) is 4.39 Å². The smallest absolute Gasteiger partial charge is 0.303 e. The number of unbranched alkanes of at least 4 members (excludes halogenated alkanes) is 2. The zero-order chi connectivity index (χ0) is 23.3. The zero-order valence-electron chi connectivity index (χ0n) is 17.6. The average molecular weight is 441 g/mol. The number of aliphatic hydroxyl groups is 1. The molecular weight excluding hydrogens is 417 g/mol. The van der Waals surface area contributed by atoms with Crippen LogP contribution in [-0.4, -0.2) is 46.4 Å². The van der Waals surface area contributed by atoms with Crippen LogP contribution >= 0.6 is 0 Å². The number of halogens is 1. The van der Waals surface area contributed by atoms with Gasteiger partial charge < -0.3 is 19.8 Å². The Balaban J connectivity index is 1.97. The topological polar surface area (TPSA) is 104 Å². The minimum absolute atomic E-state index is 0.0330. The van der Waals surface area contributed by atoms with Crippen LogP contribution in [0.2, 0.25) is 0 Å². The molecule has 1 atom stereocenters. The number of aliphatic hydroxyl groups excluding tert-OH is 1. The maximum absolute atomic E-state index is 13.3. The summed E-state index contributed by atoms with van der Waals surface area (Å²) >= 11 is 0. The van der Waals surface area contributed by atoms with Crippen LogP contribution in [0, 0.1) is 5.82 Å². The molecule has 0 saturated carbocycles. The fraction of sp³-hybridized carbons (Fsp3) is 0.292. The molecule has 3 rings (SSSR count). The predicted octanol–water partition coefficient (Wildman–Crippen LogP) is 3.90. The van der Waals surface area contributed by atoms with Gasteiger partial charge in [-0.15, -0.1) is 0 Å². The number of carboxylic acid groups (broad SMARTS) is 1. The Morgan fingerprint density at radius 1 is 1.00 bits per heavy atom. The Morgan fingerprint density at radius 2 is 1.66 bits per heavy atom. The van der Waals surface area contributed by atoms with Crippen molar-refractivity contribution in [3.8, 4) is 5.75 Å². The van der Waals surface area contributed by atoms with Gasteiger partial charge >= 0.3 is 5.97 Å². The van der Waals surface area contributed by atoms with E-state index >= 15 is 0 Å². The van der Waals surface area contributed by atoms with Crippen molar-refractivity contribution in [1.29, 1.82) is 0 Å². The Bertz CT molecular complexity index is 1030. The first kappa shape index (κ1) is 23.0. The van der Waals surface area contributed by atoms with Gasteiger partial charge in [-0.1, -0.05) is 18.6 Å². The van der Waals surface area contributed by atoms with E-state index in [4.69, 9.17) is 9.84 Å². The molecule has 2 aromatic carbocycles. The molecule has 1 aliphatic heterocycles. The number of carboxylic acids is 1. The summed E-state index contributed by atoms with van der Waals surface area (Å²) in [6.45, 7) is 0.223. The Labute approximate surface area is 184 Å². The van der Waals surface area contributed by atoms with Crippen LogP contribution in [-0.2, 0) is 14.4 Å². The van der Waals surface area contributed by atoms with Crippen LogP contribution in [0.25, 0.3) is 5.76 Å². The summed E-state index contributed by atoms with van der Waals surface area (Å²) in [5, 5.41) is 19.7. The van der Waals surface area contributed by atoms with Gasteiger partial charge in [0.1, 0.15) is 17.3 Å². The van der Waals surface area contributed by atoms with Gasteiger partial charge in [0.2, 0.25) is 0 Å². The summed E-state index contributed by atoms with van der Waals surface area (Å²) < 4.78 is 18.5. The number of rotatable bonds is 9. The molecule has 2 aromatic rings. The molecule has 1 fully saturated rings. The first-order valence-corrected chi connectivity index (χ1v) is 10.2. The van der Waals surface area contributed by atoms with Crippen molar-refractivity contribution in [3.05, 3.63) is 71.0 Å². The van der Waals surface area contributed by atoms with Gasteiger partial charge in [0, 0.05) is 18.5 Å². The number of hydrogen-bond donors (Lipinski definition) is 2. The molecule has 0 aromatic heterocycles. The van der Waals surface area contributed by atoms with E-state index < -0.39 is 29.5 Å². The number of ether oxygens (including phenoxy) is 1. The number of benzene rings is 2. The second-order valence-electron chi connectivity index (χ2n) is 7.48. The number of methoxy groups -OCH3 is 1. The van der Waals surface area contributed by atoms with E-state index in [0.717, 1.165) is 12.1 Å². The van der Waals surface area contributed by atoms with Crippen molar-refractivity contribution in [2.45, 2.75) is 31.7 Å². The molecule has 0 spiro atoms. The average Bonchev–Trinajstić information content (AvgIpc) is 3.03. The third-order valence-electron chi connectivity index (χ3n) is 5.38. The third kappa shape index (κ3) is 4.96. The highest BCUT2D eigenvalue weighted by Gasteiger charge is 2.45. The molecule has 32 heavy (non-hydrogen) atoms. The van der Waals surface area contributed by atoms with Crippen molar-refractivity contribution in [2.75, 3.05) is 13.7 Å². The number of ketones is 1. The minimum Gasteiger partial charge on any atom is -0.507 e. The molecule has 1 amide bonds. The fourth-order valence-electron chi connectivity index (χ4n) is 3.74. The molecule has 1 saturated heterocycles. The molecule has 1 aliphatic rings. The van der Waals surface area contributed by atoms with Gasteiger partial charge in [0.05, 0.1) is 18.7 Å². The second kappa shape index (κ2) is 10.1. The van der Waals surface area contributed by atoms with Crippen LogP contribution in [0.15, 0.2) is 54.1 Å². The monoisotopic (exact) mass is 441 g/mol. The second-order valence-corrected chi connectivity index (χ2v) is 7.48. The molecule has 1 heterocycles. The first-order chi connectivity index (χ1) is 15.3. The fourth-order valence-corrected chi connectivity index (χ4v) is 3.74. The molecule has 0 aliphatic carbocycles. The van der Waals surface area contributed by atoms with E-state index in [2.05, 4.69) is 0 Å². The lowest BCUT2D eigenvalue weighted by Gasteiger charge is -2.25. The van der Waals surface area contributed by atoms with Crippen LogP contribution in [0.3, 0.4) is 0 Å². The van der Waals surface area contributed by atoms with E-state index in [9.17, 15) is 23.9 Å². The van der Waals surface area contributed by atoms with Crippen molar-refractivity contribution < 1.29 is 33.7 Å². The first-order valence-electron chi connectivity index (χ1n) is 10.2. The highest BCUT2D eigenvalue weighted by atomic mass is 19.1. The highest BCUT2D eigenvalue weighted by molar-refractivity contribution is 6.46. The summed E-state index contributed by atoms with van der Waals surface area (Å²) in [6, 6.07) is 11.0. The number of carbonyl (C=O) groups excluding carboxylic acids is 2. The Hall–Kier alpha value is -3.68. The van der Waals surface area contributed by atoms with Crippen LogP contribution in [0.1, 0.15) is 42.9 Å². The van der Waals surface area contributed by atoms with Crippen LogP contribution < -0.4 is 4.74 Å². The molecule has 8 heteroatoms. The lowest BCUT2D eigenvalue weighted by Crippen LogP contribution is -2.30. The Kier molecular flexibility index (Phi) is 7.25. The summed E-state index contributed by atoms with van der Waals surface area (Å²) in [6.07, 6.45) is 1.57. The van der Waals surface area contributed by atoms with E-state index in [-0.39, 0.29) is 29.9 Å². The SMILES string of the molecule is COc1ccc(C2/C(=C(/O)c3ccc(F)cc3)C(=O)C(=O)N2CCCCCC(=O)O)cc1. The van der Waals surface area contributed by atoms with Gasteiger partial charge in [0.25, 0.3) is 11.7 Å². The molecular formula is C24H24FNO6.